The van der Waals surface area contributed by atoms with Gasteiger partial charge in [-0.25, -0.2) is 10.1 Å². The first-order valence-corrected chi connectivity index (χ1v) is 10.1. The predicted molar refractivity (Wildman–Crippen MR) is 113 cm³/mol. The molecule has 1 aromatic carbocycles. The molecule has 10 nitrogen and oxygen atoms in total. The van der Waals surface area contributed by atoms with E-state index >= 15 is 0 Å². The Morgan fingerprint density at radius 2 is 2.07 bits per heavy atom. The Kier molecular flexibility index (Phi) is 8.70. The molecular formula is C20H32N5O5-. The van der Waals surface area contributed by atoms with Crippen molar-refractivity contribution in [1.82, 2.24) is 15.6 Å². The number of hydrogen-bond acceptors (Lipinski definition) is 7. The molecule has 0 saturated carbocycles. The number of piperidine rings is 1. The summed E-state index contributed by atoms with van der Waals surface area (Å²) >= 11 is 0. The number of nitrogens with zero attached hydrogens (tertiary/aromatic N) is 3. The maximum Gasteiger partial charge on any atom is 0.408 e. The van der Waals surface area contributed by atoms with E-state index in [0.29, 0.717) is 19.6 Å². The molecule has 0 aliphatic carbocycles. The summed E-state index contributed by atoms with van der Waals surface area (Å²) in [7, 11) is 0. The van der Waals surface area contributed by atoms with Gasteiger partial charge in [0.15, 0.2) is 6.23 Å². The van der Waals surface area contributed by atoms with Gasteiger partial charge in [-0.05, 0) is 46.1 Å². The Bertz CT molecular complexity index is 695. The van der Waals surface area contributed by atoms with Crippen LogP contribution in [0.15, 0.2) is 35.4 Å². The summed E-state index contributed by atoms with van der Waals surface area (Å²) in [6.45, 7) is 8.21. The minimum atomic E-state index is -0.612. The number of rotatable bonds is 7. The van der Waals surface area contributed by atoms with E-state index in [4.69, 9.17) is 20.0 Å². The normalized spacial score (nSPS) is 20.0. The molecular weight excluding hydrogens is 390 g/mol. The minimum Gasteiger partial charge on any atom is -0.716 e. The van der Waals surface area contributed by atoms with Crippen LogP contribution in [0.25, 0.3) is 0 Å². The Hall–Kier alpha value is -2.56. The fourth-order valence-electron chi connectivity index (χ4n) is 3.07. The van der Waals surface area contributed by atoms with Crippen molar-refractivity contribution in [2.75, 3.05) is 13.2 Å². The molecule has 2 unspecified atom stereocenters. The Morgan fingerprint density at radius 1 is 1.37 bits per heavy atom. The number of alkyl carbamates (subject to hydrolysis) is 1. The largest absolute Gasteiger partial charge is 0.716 e. The molecule has 2 atom stereocenters. The molecule has 0 aromatic heterocycles. The molecule has 1 aliphatic heterocycles. The van der Waals surface area contributed by atoms with Crippen LogP contribution in [0.4, 0.5) is 4.79 Å². The molecule has 0 bridgehead atoms. The van der Waals surface area contributed by atoms with E-state index in [1.165, 1.54) is 0 Å². The number of benzene rings is 1. The van der Waals surface area contributed by atoms with Crippen LogP contribution >= 0.6 is 0 Å². The van der Waals surface area contributed by atoms with Crippen molar-refractivity contribution in [1.29, 1.82) is 0 Å². The van der Waals surface area contributed by atoms with Crippen molar-refractivity contribution in [2.24, 2.45) is 10.8 Å². The van der Waals surface area contributed by atoms with Gasteiger partial charge in [0.05, 0.1) is 6.04 Å². The molecule has 0 spiro atoms. The second kappa shape index (κ2) is 11.0. The third-order valence-electron chi connectivity index (χ3n) is 4.27. The third kappa shape index (κ3) is 7.69. The Labute approximate surface area is 177 Å². The lowest BCUT2D eigenvalue weighted by molar-refractivity contribution is -0.133. The van der Waals surface area contributed by atoms with Gasteiger partial charge in [-0.1, -0.05) is 30.3 Å². The van der Waals surface area contributed by atoms with Crippen LogP contribution in [0.3, 0.4) is 0 Å². The summed E-state index contributed by atoms with van der Waals surface area (Å²) in [5.74, 6) is -0.0489. The molecule has 2 rings (SSSR count). The maximum atomic E-state index is 12.2. The number of likely N-dealkylation sites (tertiary alicyclic amines) is 1. The first-order valence-electron chi connectivity index (χ1n) is 10.1. The van der Waals surface area contributed by atoms with Gasteiger partial charge in [0.1, 0.15) is 12.2 Å². The minimum absolute atomic E-state index is 0.0489. The van der Waals surface area contributed by atoms with Gasteiger partial charge in [-0.2, -0.15) is 0 Å². The molecule has 10 heteroatoms. The van der Waals surface area contributed by atoms with E-state index in [-0.39, 0.29) is 23.9 Å². The summed E-state index contributed by atoms with van der Waals surface area (Å²) in [4.78, 5) is 18.9. The first kappa shape index (κ1) is 23.7. The van der Waals surface area contributed by atoms with Crippen LogP contribution in [0.2, 0.25) is 0 Å². The van der Waals surface area contributed by atoms with Crippen LogP contribution in [0.1, 0.15) is 46.1 Å². The van der Waals surface area contributed by atoms with Crippen molar-refractivity contribution in [3.05, 3.63) is 41.1 Å². The van der Waals surface area contributed by atoms with E-state index in [2.05, 4.69) is 10.4 Å². The molecule has 1 heterocycles. The zero-order valence-corrected chi connectivity index (χ0v) is 18.0. The van der Waals surface area contributed by atoms with Crippen molar-refractivity contribution >= 4 is 12.1 Å². The molecule has 1 aromatic rings. The van der Waals surface area contributed by atoms with Crippen molar-refractivity contribution in [3.8, 4) is 0 Å². The van der Waals surface area contributed by atoms with E-state index in [1.54, 1.807) is 25.7 Å². The summed E-state index contributed by atoms with van der Waals surface area (Å²) in [6.07, 6.45) is 0.289. The van der Waals surface area contributed by atoms with Crippen LogP contribution in [0.5, 0.6) is 0 Å². The van der Waals surface area contributed by atoms with Gasteiger partial charge >= 0.3 is 6.09 Å². The van der Waals surface area contributed by atoms with Crippen molar-refractivity contribution < 1.29 is 19.1 Å². The highest BCUT2D eigenvalue weighted by atomic mass is 16.9. The van der Waals surface area contributed by atoms with Crippen molar-refractivity contribution in [3.63, 3.8) is 0 Å². The zero-order chi connectivity index (χ0) is 22.1. The van der Waals surface area contributed by atoms with Gasteiger partial charge < -0.3 is 30.6 Å². The van der Waals surface area contributed by atoms with Gasteiger partial charge in [0.2, 0.25) is 5.96 Å². The fourth-order valence-corrected chi connectivity index (χ4v) is 3.07. The molecule has 168 valence electrons. The number of carbonyl (C=O) groups excluding carboxylic acids is 1. The monoisotopic (exact) mass is 422 g/mol. The van der Waals surface area contributed by atoms with Crippen molar-refractivity contribution in [2.45, 2.75) is 65.0 Å². The molecule has 3 N–H and O–H groups in total. The molecule has 1 fully saturated rings. The predicted octanol–water partition coefficient (Wildman–Crippen LogP) is 2.50. The SMILES string of the molecule is CCOC1C(NC(=O)OC(C)(C)C)CCCN1/C(N)=N/N([O-])OCc1ccccc1. The summed E-state index contributed by atoms with van der Waals surface area (Å²) in [6, 6.07) is 8.88. The topological polar surface area (TPSA) is 125 Å². The lowest BCUT2D eigenvalue weighted by Crippen LogP contribution is -2.60. The van der Waals surface area contributed by atoms with Gasteiger partial charge in [0, 0.05) is 13.2 Å². The highest BCUT2D eigenvalue weighted by Crippen LogP contribution is 2.20. The average molecular weight is 423 g/mol. The molecule has 1 saturated heterocycles. The van der Waals surface area contributed by atoms with Crippen LogP contribution in [-0.2, 0) is 20.9 Å². The number of nitrogens with one attached hydrogen (secondary N) is 1. The van der Waals surface area contributed by atoms with E-state index in [0.717, 1.165) is 12.0 Å². The average Bonchev–Trinajstić information content (AvgIpc) is 2.67. The molecule has 0 radical (unpaired) electrons. The van der Waals surface area contributed by atoms with E-state index in [1.807, 2.05) is 37.3 Å². The van der Waals surface area contributed by atoms with Gasteiger partial charge in [0.25, 0.3) is 0 Å². The van der Waals surface area contributed by atoms with Gasteiger partial charge in [-0.15, -0.1) is 5.10 Å². The number of amides is 1. The highest BCUT2D eigenvalue weighted by molar-refractivity contribution is 5.78. The number of guanidine groups is 1. The van der Waals surface area contributed by atoms with E-state index < -0.39 is 17.9 Å². The molecule has 1 amide bonds. The first-order chi connectivity index (χ1) is 14.2. The van der Waals surface area contributed by atoms with E-state index in [9.17, 15) is 10.0 Å². The zero-order valence-electron chi connectivity index (χ0n) is 18.0. The second-order valence-corrected chi connectivity index (χ2v) is 7.89. The Balaban J connectivity index is 2.01. The molecule has 1 aliphatic rings. The second-order valence-electron chi connectivity index (χ2n) is 7.89. The summed E-state index contributed by atoms with van der Waals surface area (Å²) in [5, 5.41) is 18.7. The lowest BCUT2D eigenvalue weighted by Gasteiger charge is -2.42. The van der Waals surface area contributed by atoms with Gasteiger partial charge in [-0.3, -0.25) is 4.84 Å². The molecule has 30 heavy (non-hydrogen) atoms. The number of nitrogens with two attached hydrogens (primary N) is 1. The maximum absolute atomic E-state index is 12.2. The summed E-state index contributed by atoms with van der Waals surface area (Å²) in [5.41, 5.74) is 6.28. The van der Waals surface area contributed by atoms with Crippen LogP contribution in [-0.4, -0.2) is 53.3 Å². The smallest absolute Gasteiger partial charge is 0.408 e. The highest BCUT2D eigenvalue weighted by Gasteiger charge is 2.35. The quantitative estimate of drug-likeness (QED) is 0.390. The standard InChI is InChI=1S/C20H32N5O5/c1-5-28-17-16(22-19(26)30-20(2,3)4)12-9-13-24(17)18(21)23-25(27)29-14-15-10-7-6-8-11-15/h6-8,10-11,16-17H,5,9,12-14H2,1-4H3,(H2,21,23)(H,22,26)/q-1. The third-order valence-corrected chi connectivity index (χ3v) is 4.27. The number of hydrazone groups is 1. The summed E-state index contributed by atoms with van der Waals surface area (Å²) < 4.78 is 11.1. The lowest BCUT2D eigenvalue weighted by atomic mass is 10.0. The fraction of sp³-hybridized carbons (Fsp3) is 0.600. The van der Waals surface area contributed by atoms with Crippen LogP contribution < -0.4 is 11.1 Å². The number of ether oxygens (including phenoxy) is 2. The number of carbonyl (C=O) groups is 1. The van der Waals surface area contributed by atoms with Crippen LogP contribution in [0, 0.1) is 5.21 Å². The Morgan fingerprint density at radius 3 is 2.70 bits per heavy atom. The number of hydrogen-bond donors (Lipinski definition) is 2.